The van der Waals surface area contributed by atoms with Gasteiger partial charge >= 0.3 is 6.18 Å². The molecule has 33 heavy (non-hydrogen) atoms. The quantitative estimate of drug-likeness (QED) is 0.614. The second kappa shape index (κ2) is 8.64. The number of ether oxygens (including phenoxy) is 1. The lowest BCUT2D eigenvalue weighted by Gasteiger charge is -2.15. The molecule has 0 fully saturated rings. The molecular weight excluding hydrogens is 463 g/mol. The van der Waals surface area contributed by atoms with E-state index in [4.69, 9.17) is 16.3 Å². The topological polar surface area (TPSA) is 90.5 Å². The number of anilines is 1. The van der Waals surface area contributed by atoms with Crippen LogP contribution in [0.5, 0.6) is 0 Å². The Morgan fingerprint density at radius 1 is 1.30 bits per heavy atom. The Kier molecular flexibility index (Phi) is 6.02. The lowest BCUT2D eigenvalue weighted by atomic mass is 10.1. The van der Waals surface area contributed by atoms with Gasteiger partial charge in [-0.2, -0.15) is 22.7 Å². The summed E-state index contributed by atoms with van der Waals surface area (Å²) in [6.07, 6.45) is -2.12. The number of fused-ring (bicyclic) bond motifs is 1. The zero-order valence-corrected chi connectivity index (χ0v) is 18.4. The molecule has 1 aliphatic rings. The van der Waals surface area contributed by atoms with Crippen molar-refractivity contribution in [3.05, 3.63) is 62.3 Å². The minimum Gasteiger partial charge on any atom is -0.377 e. The molecule has 0 saturated heterocycles. The maximum atomic E-state index is 12.8. The molecule has 8 nitrogen and oxygen atoms in total. The molecule has 0 bridgehead atoms. The lowest BCUT2D eigenvalue weighted by Crippen LogP contribution is -2.28. The van der Waals surface area contributed by atoms with Crippen LogP contribution in [0.3, 0.4) is 0 Å². The molecule has 0 saturated carbocycles. The second-order valence-electron chi connectivity index (χ2n) is 7.54. The summed E-state index contributed by atoms with van der Waals surface area (Å²) in [6.45, 7) is 3.97. The molecule has 0 aliphatic carbocycles. The number of rotatable bonds is 4. The van der Waals surface area contributed by atoms with Gasteiger partial charge in [0.25, 0.3) is 5.56 Å². The molecule has 4 rings (SSSR count). The van der Waals surface area contributed by atoms with Crippen LogP contribution in [-0.4, -0.2) is 38.3 Å². The number of carbonyl (C=O) groups excluding carboxylic acids is 1. The van der Waals surface area contributed by atoms with Crippen molar-refractivity contribution < 1.29 is 22.7 Å². The number of hydrogen-bond donors (Lipinski definition) is 1. The molecule has 2 aromatic heterocycles. The Hall–Kier alpha value is -3.18. The molecule has 3 heterocycles. The number of halogens is 4. The molecule has 0 spiro atoms. The monoisotopic (exact) mass is 481 g/mol. The summed E-state index contributed by atoms with van der Waals surface area (Å²) in [7, 11) is 0. The molecule has 174 valence electrons. The minimum atomic E-state index is -4.55. The summed E-state index contributed by atoms with van der Waals surface area (Å²) in [5, 5.41) is 6.59. The van der Waals surface area contributed by atoms with Gasteiger partial charge in [0.15, 0.2) is 5.82 Å². The molecule has 1 amide bonds. The molecule has 3 aromatic rings. The van der Waals surface area contributed by atoms with E-state index in [2.05, 4.69) is 15.4 Å². The Morgan fingerprint density at radius 2 is 2.06 bits per heavy atom. The summed E-state index contributed by atoms with van der Waals surface area (Å²) in [5.41, 5.74) is 0.512. The predicted octanol–water partition coefficient (Wildman–Crippen LogP) is 3.62. The van der Waals surface area contributed by atoms with Gasteiger partial charge in [0, 0.05) is 11.3 Å². The zero-order valence-electron chi connectivity index (χ0n) is 17.7. The average molecular weight is 482 g/mol. The van der Waals surface area contributed by atoms with Crippen LogP contribution in [0.1, 0.15) is 29.1 Å². The fourth-order valence-electron chi connectivity index (χ4n) is 3.46. The Bertz CT molecular complexity index is 1340. The van der Waals surface area contributed by atoms with Gasteiger partial charge in [0.2, 0.25) is 11.7 Å². The van der Waals surface area contributed by atoms with E-state index < -0.39 is 17.6 Å². The highest BCUT2D eigenvalue weighted by atomic mass is 35.5. The van der Waals surface area contributed by atoms with Crippen LogP contribution >= 0.6 is 11.6 Å². The highest BCUT2D eigenvalue weighted by molar-refractivity contribution is 6.33. The van der Waals surface area contributed by atoms with Crippen LogP contribution in [0.4, 0.5) is 18.9 Å². The van der Waals surface area contributed by atoms with Gasteiger partial charge in [-0.05, 0) is 44.0 Å². The van der Waals surface area contributed by atoms with Crippen molar-refractivity contribution in [3.63, 3.8) is 0 Å². The van der Waals surface area contributed by atoms with E-state index in [9.17, 15) is 22.8 Å². The third-order valence-electron chi connectivity index (χ3n) is 5.41. The van der Waals surface area contributed by atoms with E-state index >= 15 is 0 Å². The summed E-state index contributed by atoms with van der Waals surface area (Å²) >= 11 is 5.94. The lowest BCUT2D eigenvalue weighted by molar-refractivity contribution is -0.137. The zero-order chi connectivity index (χ0) is 23.9. The second-order valence-corrected chi connectivity index (χ2v) is 7.95. The normalized spacial score (nSPS) is 14.4. The number of amides is 1. The first-order valence-electron chi connectivity index (χ1n) is 9.97. The van der Waals surface area contributed by atoms with Crippen molar-refractivity contribution in [2.75, 3.05) is 18.5 Å². The van der Waals surface area contributed by atoms with E-state index in [1.807, 2.05) is 6.08 Å². The van der Waals surface area contributed by atoms with Gasteiger partial charge in [-0.15, -0.1) is 5.10 Å². The summed E-state index contributed by atoms with van der Waals surface area (Å²) in [4.78, 5) is 29.9. The Balaban J connectivity index is 1.67. The van der Waals surface area contributed by atoms with E-state index in [0.717, 1.165) is 28.3 Å². The molecule has 12 heteroatoms. The molecule has 1 N–H and O–H groups in total. The van der Waals surface area contributed by atoms with Gasteiger partial charge in [0.1, 0.15) is 6.54 Å². The number of nitrogens with zero attached hydrogens (tertiary/aromatic N) is 4. The fraction of sp³-hybridized carbons (Fsp3) is 0.333. The van der Waals surface area contributed by atoms with Gasteiger partial charge in [-0.25, -0.2) is 0 Å². The first-order valence-corrected chi connectivity index (χ1v) is 10.3. The van der Waals surface area contributed by atoms with Crippen molar-refractivity contribution >= 4 is 34.5 Å². The predicted molar refractivity (Wildman–Crippen MR) is 115 cm³/mol. The molecule has 0 unspecified atom stereocenters. The third kappa shape index (κ3) is 4.51. The fourth-order valence-corrected chi connectivity index (χ4v) is 3.69. The summed E-state index contributed by atoms with van der Waals surface area (Å²) < 4.78 is 46.5. The van der Waals surface area contributed by atoms with Crippen LogP contribution in [0.25, 0.3) is 11.4 Å². The minimum absolute atomic E-state index is 0.0376. The highest BCUT2D eigenvalue weighted by Gasteiger charge is 2.31. The average Bonchev–Trinajstić information content (AvgIpc) is 3.22. The first-order chi connectivity index (χ1) is 15.6. The van der Waals surface area contributed by atoms with E-state index in [-0.39, 0.29) is 28.6 Å². The van der Waals surface area contributed by atoms with Crippen molar-refractivity contribution in [1.29, 1.82) is 0 Å². The van der Waals surface area contributed by atoms with Gasteiger partial charge in [-0.3, -0.25) is 9.59 Å². The van der Waals surface area contributed by atoms with Crippen molar-refractivity contribution in [2.45, 2.75) is 33.0 Å². The van der Waals surface area contributed by atoms with E-state index in [0.29, 0.717) is 36.7 Å². The Morgan fingerprint density at radius 3 is 2.70 bits per heavy atom. The van der Waals surface area contributed by atoms with Gasteiger partial charge in [0.05, 0.1) is 29.5 Å². The van der Waals surface area contributed by atoms with Crippen LogP contribution in [0.15, 0.2) is 29.1 Å². The molecule has 1 aliphatic heterocycles. The van der Waals surface area contributed by atoms with Gasteiger partial charge < -0.3 is 14.6 Å². The SMILES string of the molecule is Cc1c(C)n(CC(=O)Nc2ccc(C(F)(F)F)cc2Cl)c2nc(C3=CCOCC3)nn2c1=O. The van der Waals surface area contributed by atoms with Crippen LogP contribution in [0, 0.1) is 13.8 Å². The van der Waals surface area contributed by atoms with E-state index in [1.165, 1.54) is 4.57 Å². The first kappa shape index (κ1) is 23.0. The third-order valence-corrected chi connectivity index (χ3v) is 5.73. The standard InChI is InChI=1S/C21H19ClF3N5O3/c1-11-12(2)29(10-17(31)26-16-4-3-14(9-15(16)22)21(23,24)25)20-27-18(28-30(20)19(11)32)13-5-7-33-8-6-13/h3-5,9H,6-8,10H2,1-2H3,(H,26,31). The van der Waals surface area contributed by atoms with Gasteiger partial charge in [-0.1, -0.05) is 17.7 Å². The van der Waals surface area contributed by atoms with E-state index in [1.54, 1.807) is 13.8 Å². The maximum absolute atomic E-state index is 12.8. The molecular formula is C21H19ClF3N5O3. The van der Waals surface area contributed by atoms with Crippen LogP contribution in [-0.2, 0) is 22.3 Å². The van der Waals surface area contributed by atoms with Crippen LogP contribution in [0.2, 0.25) is 5.02 Å². The maximum Gasteiger partial charge on any atom is 0.416 e. The number of nitrogens with one attached hydrogen (secondary N) is 1. The summed E-state index contributed by atoms with van der Waals surface area (Å²) in [5.74, 6) is -0.000889. The van der Waals surface area contributed by atoms with Crippen molar-refractivity contribution in [2.24, 2.45) is 0 Å². The highest BCUT2D eigenvalue weighted by Crippen LogP contribution is 2.33. The van der Waals surface area contributed by atoms with Crippen molar-refractivity contribution in [3.8, 4) is 0 Å². The number of carbonyl (C=O) groups is 1. The number of aromatic nitrogens is 4. The van der Waals surface area contributed by atoms with Crippen LogP contribution < -0.4 is 10.9 Å². The molecule has 0 radical (unpaired) electrons. The number of benzene rings is 1. The number of hydrogen-bond acceptors (Lipinski definition) is 5. The largest absolute Gasteiger partial charge is 0.416 e. The van der Waals surface area contributed by atoms with Crippen molar-refractivity contribution in [1.82, 2.24) is 19.2 Å². The molecule has 1 aromatic carbocycles. The smallest absolute Gasteiger partial charge is 0.377 e. The Labute approximate surface area is 190 Å². The molecule has 0 atom stereocenters. The summed E-state index contributed by atoms with van der Waals surface area (Å²) in [6, 6.07) is 2.67. The number of alkyl halides is 3.